The average molecular weight is 659 g/mol. The van der Waals surface area contributed by atoms with E-state index in [1.54, 1.807) is 0 Å². The minimum atomic E-state index is 0.979. The number of aromatic nitrogens is 2. The fourth-order valence-electron chi connectivity index (χ4n) is 6.90. The van der Waals surface area contributed by atoms with Gasteiger partial charge in [-0.1, -0.05) is 171 Å². The molecular weight excluding hydrogens is 617 g/mol. The van der Waals surface area contributed by atoms with Crippen LogP contribution in [0.15, 0.2) is 182 Å². The van der Waals surface area contributed by atoms with Gasteiger partial charge in [0.2, 0.25) is 0 Å². The van der Waals surface area contributed by atoms with Crippen LogP contribution in [-0.2, 0) is 0 Å². The van der Waals surface area contributed by atoms with E-state index in [0.29, 0.717) is 0 Å². The summed E-state index contributed by atoms with van der Waals surface area (Å²) in [5.41, 5.74) is 12.1. The summed E-state index contributed by atoms with van der Waals surface area (Å²) in [4.78, 5) is 4.85. The highest BCUT2D eigenvalue weighted by Crippen LogP contribution is 2.40. The van der Waals surface area contributed by atoms with E-state index in [1.165, 1.54) is 54.9 Å². The number of benzene rings is 8. The monoisotopic (exact) mass is 658 g/mol. The molecule has 0 unspecified atom stereocenters. The molecule has 0 saturated heterocycles. The number of para-hydroxylation sites is 3. The summed E-state index contributed by atoms with van der Waals surface area (Å²) in [6.07, 6.45) is 0. The van der Waals surface area contributed by atoms with Crippen LogP contribution in [0, 0.1) is 13.8 Å². The maximum absolute atomic E-state index is 4.85. The number of hydrogen-bond acceptors (Lipinski definition) is 1. The molecule has 1 heterocycles. The van der Waals surface area contributed by atoms with Gasteiger partial charge in [-0.25, -0.2) is 4.98 Å². The lowest BCUT2D eigenvalue weighted by Crippen LogP contribution is -1.97. The van der Waals surface area contributed by atoms with Crippen molar-refractivity contribution in [1.29, 1.82) is 0 Å². The molecule has 0 atom stereocenters. The fraction of sp³-hybridized carbons (Fsp3) is 0.0816. The number of fused-ring (bicyclic) bond motifs is 3. The molecule has 0 bridgehead atoms. The first kappa shape index (κ1) is 33.3. The van der Waals surface area contributed by atoms with Crippen LogP contribution in [-0.4, -0.2) is 9.55 Å². The van der Waals surface area contributed by atoms with Crippen LogP contribution in [0.1, 0.15) is 25.0 Å². The first-order valence-corrected chi connectivity index (χ1v) is 17.8. The second-order valence-electron chi connectivity index (χ2n) is 12.5. The van der Waals surface area contributed by atoms with E-state index in [-0.39, 0.29) is 0 Å². The zero-order valence-corrected chi connectivity index (χ0v) is 29.7. The number of hydrogen-bond donors (Lipinski definition) is 0. The Morgan fingerprint density at radius 1 is 0.412 bits per heavy atom. The molecule has 0 radical (unpaired) electrons. The van der Waals surface area contributed by atoms with E-state index in [0.717, 1.165) is 28.1 Å². The van der Waals surface area contributed by atoms with Gasteiger partial charge in [0, 0.05) is 11.3 Å². The van der Waals surface area contributed by atoms with Crippen LogP contribution in [0.3, 0.4) is 0 Å². The molecule has 51 heavy (non-hydrogen) atoms. The van der Waals surface area contributed by atoms with Gasteiger partial charge in [-0.05, 0) is 93.5 Å². The Balaban J connectivity index is 0.000000155. The van der Waals surface area contributed by atoms with Crippen molar-refractivity contribution in [2.75, 3.05) is 0 Å². The Kier molecular flexibility index (Phi) is 9.85. The molecule has 0 N–H and O–H groups in total. The number of nitrogens with zero attached hydrogens (tertiary/aromatic N) is 2. The molecule has 2 nitrogen and oxygen atoms in total. The van der Waals surface area contributed by atoms with Crippen molar-refractivity contribution < 1.29 is 0 Å². The van der Waals surface area contributed by atoms with Crippen molar-refractivity contribution in [1.82, 2.24) is 9.55 Å². The summed E-state index contributed by atoms with van der Waals surface area (Å²) in [5, 5.41) is 5.30. The van der Waals surface area contributed by atoms with Crippen LogP contribution >= 0.6 is 0 Å². The third kappa shape index (κ3) is 6.69. The maximum Gasteiger partial charge on any atom is 0.145 e. The minimum absolute atomic E-state index is 0.979. The lowest BCUT2D eigenvalue weighted by molar-refractivity contribution is 1.10. The molecule has 1 aromatic heterocycles. The molecular formula is C49H42N2. The van der Waals surface area contributed by atoms with Crippen molar-refractivity contribution in [3.05, 3.63) is 193 Å². The predicted octanol–water partition coefficient (Wildman–Crippen LogP) is 13.7. The largest absolute Gasteiger partial charge is 0.292 e. The Morgan fingerprint density at radius 2 is 0.922 bits per heavy atom. The molecule has 0 aliphatic rings. The van der Waals surface area contributed by atoms with Gasteiger partial charge in [-0.2, -0.15) is 0 Å². The lowest BCUT2D eigenvalue weighted by atomic mass is 9.88. The van der Waals surface area contributed by atoms with E-state index in [4.69, 9.17) is 4.98 Å². The van der Waals surface area contributed by atoms with Crippen molar-refractivity contribution >= 4 is 32.6 Å². The Hall–Kier alpha value is -6.25. The van der Waals surface area contributed by atoms with E-state index in [2.05, 4.69) is 188 Å². The molecule has 9 aromatic rings. The topological polar surface area (TPSA) is 17.8 Å². The van der Waals surface area contributed by atoms with Crippen molar-refractivity contribution in [3.8, 4) is 39.3 Å². The first-order chi connectivity index (χ1) is 25.2. The Bertz CT molecular complexity index is 2490. The van der Waals surface area contributed by atoms with Gasteiger partial charge in [0.1, 0.15) is 5.82 Å². The van der Waals surface area contributed by atoms with Gasteiger partial charge in [-0.15, -0.1) is 0 Å². The molecule has 0 amide bonds. The summed E-state index contributed by atoms with van der Waals surface area (Å²) < 4.78 is 2.22. The minimum Gasteiger partial charge on any atom is -0.292 e. The molecule has 2 heteroatoms. The summed E-state index contributed by atoms with van der Waals surface area (Å²) in [6, 6.07) is 64.2. The summed E-state index contributed by atoms with van der Waals surface area (Å²) in [7, 11) is 0. The zero-order valence-electron chi connectivity index (χ0n) is 29.7. The molecule has 8 aromatic carbocycles. The van der Waals surface area contributed by atoms with Gasteiger partial charge < -0.3 is 0 Å². The van der Waals surface area contributed by atoms with Crippen LogP contribution < -0.4 is 0 Å². The highest BCUT2D eigenvalue weighted by atomic mass is 15.1. The van der Waals surface area contributed by atoms with Gasteiger partial charge in [0.25, 0.3) is 0 Å². The quantitative estimate of drug-likeness (QED) is 0.172. The number of rotatable bonds is 4. The first-order valence-electron chi connectivity index (χ1n) is 17.8. The highest BCUT2D eigenvalue weighted by molar-refractivity contribution is 6.15. The Morgan fingerprint density at radius 3 is 1.57 bits per heavy atom. The predicted molar refractivity (Wildman–Crippen MR) is 220 cm³/mol. The third-order valence-electron chi connectivity index (χ3n) is 9.34. The molecule has 0 aliphatic carbocycles. The fourth-order valence-corrected chi connectivity index (χ4v) is 6.90. The maximum atomic E-state index is 4.85. The second-order valence-corrected chi connectivity index (χ2v) is 12.5. The van der Waals surface area contributed by atoms with Gasteiger partial charge in [0.05, 0.1) is 11.0 Å². The van der Waals surface area contributed by atoms with Crippen molar-refractivity contribution in [2.45, 2.75) is 27.7 Å². The molecule has 248 valence electrons. The van der Waals surface area contributed by atoms with Crippen LogP contribution in [0.2, 0.25) is 0 Å². The lowest BCUT2D eigenvalue weighted by Gasteiger charge is -2.16. The van der Waals surface area contributed by atoms with E-state index in [9.17, 15) is 0 Å². The van der Waals surface area contributed by atoms with Gasteiger partial charge in [0.15, 0.2) is 0 Å². The van der Waals surface area contributed by atoms with Gasteiger partial charge >= 0.3 is 0 Å². The van der Waals surface area contributed by atoms with Crippen molar-refractivity contribution in [2.24, 2.45) is 0 Å². The molecule has 0 fully saturated rings. The number of imidazole rings is 1. The Labute approximate surface area is 301 Å². The summed E-state index contributed by atoms with van der Waals surface area (Å²) in [6.45, 7) is 8.33. The molecule has 9 rings (SSSR count). The zero-order chi connectivity index (χ0) is 35.2. The molecule has 0 aliphatic heterocycles. The standard InChI is InChI=1S/C27H20.C20H16N2.C2H6/c1-19-23-14-5-7-16-25(23)27(26-17-8-6-15-24(19)26)22-13-9-12-21(18-22)20-10-3-2-4-11-20;1-15-11-13-16(14-12-15)20-21-18-9-5-6-10-19(18)22(20)17-7-3-2-4-8-17;1-2/h2-18H,1H3;2-14H,1H3;1-2H3. The van der Waals surface area contributed by atoms with Gasteiger partial charge in [-0.3, -0.25) is 4.57 Å². The molecule has 0 saturated carbocycles. The average Bonchev–Trinajstić information content (AvgIpc) is 3.60. The normalized spacial score (nSPS) is 10.7. The molecule has 0 spiro atoms. The number of aryl methyl sites for hydroxylation is 2. The van der Waals surface area contributed by atoms with Crippen LogP contribution in [0.4, 0.5) is 0 Å². The van der Waals surface area contributed by atoms with E-state index < -0.39 is 0 Å². The summed E-state index contributed by atoms with van der Waals surface area (Å²) >= 11 is 0. The van der Waals surface area contributed by atoms with E-state index >= 15 is 0 Å². The summed E-state index contributed by atoms with van der Waals surface area (Å²) in [5.74, 6) is 0.979. The second kappa shape index (κ2) is 15.1. The van der Waals surface area contributed by atoms with Crippen LogP contribution in [0.5, 0.6) is 0 Å². The van der Waals surface area contributed by atoms with E-state index in [1.807, 2.05) is 26.0 Å². The SMILES string of the molecule is CC.Cc1c2ccccc2c(-c2cccc(-c3ccccc3)c2)c2ccccc12.Cc1ccc(-c2nc3ccccc3n2-c2ccccc2)cc1. The van der Waals surface area contributed by atoms with Crippen LogP contribution in [0.25, 0.3) is 71.9 Å². The smallest absolute Gasteiger partial charge is 0.145 e. The van der Waals surface area contributed by atoms with Crippen molar-refractivity contribution in [3.63, 3.8) is 0 Å². The third-order valence-corrected chi connectivity index (χ3v) is 9.34. The highest BCUT2D eigenvalue weighted by Gasteiger charge is 2.15.